The fourth-order valence-electron chi connectivity index (χ4n) is 4.77. The van der Waals surface area contributed by atoms with Crippen LogP contribution < -0.4 is 15.4 Å². The number of carbonyl (C=O) groups excluding carboxylic acids is 2. The number of halogens is 1. The van der Waals surface area contributed by atoms with Crippen molar-refractivity contribution < 1.29 is 28.6 Å². The van der Waals surface area contributed by atoms with Crippen molar-refractivity contribution >= 4 is 34.1 Å². The van der Waals surface area contributed by atoms with Crippen molar-refractivity contribution in [2.24, 2.45) is 0 Å². The van der Waals surface area contributed by atoms with Gasteiger partial charge in [-0.1, -0.05) is 31.2 Å². The van der Waals surface area contributed by atoms with E-state index in [1.807, 2.05) is 19.1 Å². The number of methoxy groups -OCH3 is 1. The Bertz CT molecular complexity index is 1550. The first-order chi connectivity index (χ1) is 18.7. The lowest BCUT2D eigenvalue weighted by atomic mass is 9.96. The highest BCUT2D eigenvalue weighted by Gasteiger charge is 2.27. The number of aromatic nitrogens is 1. The number of fused-ring (bicyclic) bond motifs is 10. The van der Waals surface area contributed by atoms with Crippen molar-refractivity contribution in [2.45, 2.75) is 25.4 Å². The monoisotopic (exact) mass is 532 g/mol. The molecule has 3 heterocycles. The van der Waals surface area contributed by atoms with E-state index in [9.17, 15) is 14.7 Å². The number of aromatic amines is 1. The normalized spacial score (nSPS) is 18.1. The molecule has 3 aromatic carbocycles. The van der Waals surface area contributed by atoms with Crippen LogP contribution >= 0.6 is 0 Å². The second kappa shape index (κ2) is 10.6. The van der Waals surface area contributed by atoms with Gasteiger partial charge in [0.1, 0.15) is 17.6 Å². The summed E-state index contributed by atoms with van der Waals surface area (Å²) in [5.74, 6) is -0.686. The number of likely N-dealkylation sites (N-methyl/N-ethyl adjacent to an activating group) is 1. The summed E-state index contributed by atoms with van der Waals surface area (Å²) >= 11 is 0. The molecular formula is C29H29FN4O5. The van der Waals surface area contributed by atoms with Gasteiger partial charge >= 0.3 is 6.09 Å². The zero-order valence-corrected chi connectivity index (χ0v) is 21.7. The molecule has 0 unspecified atom stereocenters. The molecule has 202 valence electrons. The van der Waals surface area contributed by atoms with Gasteiger partial charge < -0.3 is 29.8 Å². The second-order valence-electron chi connectivity index (χ2n) is 9.65. The quantitative estimate of drug-likeness (QED) is 0.277. The maximum Gasteiger partial charge on any atom is 0.411 e. The van der Waals surface area contributed by atoms with Crippen molar-refractivity contribution in [2.75, 3.05) is 31.4 Å². The predicted molar refractivity (Wildman–Crippen MR) is 146 cm³/mol. The number of rotatable bonds is 3. The molecule has 1 aromatic heterocycles. The number of H-pyrrole nitrogens is 1. The minimum Gasteiger partial charge on any atom is -0.496 e. The highest BCUT2D eigenvalue weighted by atomic mass is 19.1. The molecule has 0 spiro atoms. The Morgan fingerprint density at radius 2 is 1.97 bits per heavy atom. The van der Waals surface area contributed by atoms with E-state index in [1.165, 1.54) is 30.3 Å². The predicted octanol–water partition coefficient (Wildman–Crippen LogP) is 5.50. The van der Waals surface area contributed by atoms with E-state index in [-0.39, 0.29) is 36.5 Å². The van der Waals surface area contributed by atoms with Gasteiger partial charge in [0.05, 0.1) is 19.4 Å². The maximum absolute atomic E-state index is 15.1. The van der Waals surface area contributed by atoms with Crippen LogP contribution in [0.1, 0.15) is 35.6 Å². The van der Waals surface area contributed by atoms with Gasteiger partial charge in [0, 0.05) is 47.7 Å². The van der Waals surface area contributed by atoms with E-state index in [1.54, 1.807) is 37.4 Å². The third-order valence-corrected chi connectivity index (χ3v) is 6.86. The van der Waals surface area contributed by atoms with Crippen molar-refractivity contribution in [3.63, 3.8) is 0 Å². The van der Waals surface area contributed by atoms with Gasteiger partial charge in [-0.25, -0.2) is 9.18 Å². The Hall–Kier alpha value is -4.73. The van der Waals surface area contributed by atoms with Gasteiger partial charge in [-0.3, -0.25) is 10.1 Å². The lowest BCUT2D eigenvalue weighted by molar-refractivity contribution is -0.131. The zero-order chi connectivity index (χ0) is 27.7. The number of aromatic hydroxyl groups is 1. The van der Waals surface area contributed by atoms with Gasteiger partial charge in [0.2, 0.25) is 5.91 Å². The standard InChI is InChI=1S/C29H29FN4O5/c1-16-15-39-29(37)32-20-6-4-5-17(9-20)14-34(2)28(36)26(18-7-8-21(16)25(11-18)38-3)33-24-12-22-19(10-23(24)30)13-31-27(22)35/h4-13,16,26,31,33,35H,14-15H2,1-3H3,(H,32,37)/t16-,26+/m0/s1. The number of ether oxygens (including phenoxy) is 2. The lowest BCUT2D eigenvalue weighted by Gasteiger charge is -2.27. The van der Waals surface area contributed by atoms with Gasteiger partial charge in [0.25, 0.3) is 0 Å². The average molecular weight is 533 g/mol. The van der Waals surface area contributed by atoms with Crippen molar-refractivity contribution in [3.8, 4) is 11.6 Å². The van der Waals surface area contributed by atoms with Crippen LogP contribution in [0.2, 0.25) is 0 Å². The molecule has 0 saturated heterocycles. The maximum atomic E-state index is 15.1. The summed E-state index contributed by atoms with van der Waals surface area (Å²) < 4.78 is 26.2. The molecule has 2 aliphatic heterocycles. The van der Waals surface area contributed by atoms with Gasteiger partial charge in [0.15, 0.2) is 5.88 Å². The summed E-state index contributed by atoms with van der Waals surface area (Å²) in [4.78, 5) is 30.5. The molecule has 9 nitrogen and oxygen atoms in total. The van der Waals surface area contributed by atoms with E-state index in [4.69, 9.17) is 9.47 Å². The average Bonchev–Trinajstić information content (AvgIpc) is 3.28. The molecule has 2 aliphatic rings. The smallest absolute Gasteiger partial charge is 0.411 e. The van der Waals surface area contributed by atoms with Crippen LogP contribution in [0.15, 0.2) is 60.8 Å². The summed E-state index contributed by atoms with van der Waals surface area (Å²) in [5.41, 5.74) is 2.72. The van der Waals surface area contributed by atoms with Crippen molar-refractivity contribution in [1.29, 1.82) is 0 Å². The van der Waals surface area contributed by atoms with E-state index in [0.29, 0.717) is 27.8 Å². The number of hydrogen-bond acceptors (Lipinski definition) is 6. The Morgan fingerprint density at radius 1 is 1.15 bits per heavy atom. The number of nitrogens with zero attached hydrogens (tertiary/aromatic N) is 1. The molecule has 0 aliphatic carbocycles. The lowest BCUT2D eigenvalue weighted by Crippen LogP contribution is -2.35. The van der Waals surface area contributed by atoms with Crippen LogP contribution in [0.4, 0.5) is 20.6 Å². The van der Waals surface area contributed by atoms with Gasteiger partial charge in [-0.05, 0) is 41.5 Å². The van der Waals surface area contributed by atoms with Crippen LogP contribution in [0.25, 0.3) is 10.8 Å². The van der Waals surface area contributed by atoms with E-state index in [0.717, 1.165) is 11.1 Å². The minimum absolute atomic E-state index is 0.0630. The Kier molecular flexibility index (Phi) is 7.02. The second-order valence-corrected chi connectivity index (χ2v) is 9.65. The zero-order valence-electron chi connectivity index (χ0n) is 21.7. The molecule has 0 radical (unpaired) electrons. The molecular weight excluding hydrogens is 503 g/mol. The molecule has 2 atom stereocenters. The summed E-state index contributed by atoms with van der Waals surface area (Å²) in [5, 5.41) is 16.9. The number of anilines is 2. The largest absolute Gasteiger partial charge is 0.496 e. The van der Waals surface area contributed by atoms with Crippen LogP contribution in [-0.2, 0) is 16.1 Å². The SMILES string of the molecule is COc1cc2ccc1[C@@H](C)COC(=O)Nc1cccc(c1)CN(C)C(=O)[C@@H]2Nc1cc2c(O)[nH]cc2cc1F. The number of benzene rings is 3. The molecule has 6 rings (SSSR count). The van der Waals surface area contributed by atoms with E-state index < -0.39 is 18.0 Å². The Morgan fingerprint density at radius 3 is 2.77 bits per heavy atom. The fraction of sp³-hybridized carbons (Fsp3) is 0.241. The number of hydrogen-bond donors (Lipinski definition) is 4. The minimum atomic E-state index is -0.978. The fourth-order valence-corrected chi connectivity index (χ4v) is 4.77. The number of nitrogens with one attached hydrogen (secondary N) is 3. The third kappa shape index (κ3) is 5.31. The van der Waals surface area contributed by atoms with E-state index >= 15 is 4.39 Å². The summed E-state index contributed by atoms with van der Waals surface area (Å²) in [6, 6.07) is 14.2. The summed E-state index contributed by atoms with van der Waals surface area (Å²) in [6.45, 7) is 2.24. The van der Waals surface area contributed by atoms with Crippen LogP contribution in [0.3, 0.4) is 0 Å². The van der Waals surface area contributed by atoms with Gasteiger partial charge in [-0.15, -0.1) is 0 Å². The molecule has 10 heteroatoms. The number of amides is 2. The van der Waals surface area contributed by atoms with E-state index in [2.05, 4.69) is 15.6 Å². The molecule has 0 saturated carbocycles. The first-order valence-corrected chi connectivity index (χ1v) is 12.4. The topological polar surface area (TPSA) is 116 Å². The Labute approximate surface area is 224 Å². The molecule has 4 aromatic rings. The van der Waals surface area contributed by atoms with Crippen molar-refractivity contribution in [3.05, 3.63) is 83.3 Å². The Balaban J connectivity index is 1.59. The van der Waals surface area contributed by atoms with Crippen LogP contribution in [-0.4, -0.2) is 47.8 Å². The molecule has 39 heavy (non-hydrogen) atoms. The molecule has 4 N–H and O–H groups in total. The first-order valence-electron chi connectivity index (χ1n) is 12.4. The van der Waals surface area contributed by atoms with Gasteiger partial charge in [-0.2, -0.15) is 0 Å². The van der Waals surface area contributed by atoms with Crippen LogP contribution in [0, 0.1) is 5.82 Å². The number of carbonyl (C=O) groups is 2. The third-order valence-electron chi connectivity index (χ3n) is 6.86. The molecule has 0 fully saturated rings. The summed E-state index contributed by atoms with van der Waals surface area (Å²) in [6.07, 6.45) is 0.927. The highest BCUT2D eigenvalue weighted by Crippen LogP contribution is 2.35. The highest BCUT2D eigenvalue weighted by molar-refractivity contribution is 5.92. The molecule has 4 bridgehead atoms. The molecule has 2 amide bonds. The first kappa shape index (κ1) is 25.9. The van der Waals surface area contributed by atoms with Crippen LogP contribution in [0.5, 0.6) is 11.6 Å². The van der Waals surface area contributed by atoms with Crippen molar-refractivity contribution in [1.82, 2.24) is 9.88 Å². The summed E-state index contributed by atoms with van der Waals surface area (Å²) in [7, 11) is 3.17.